The van der Waals surface area contributed by atoms with Crippen LogP contribution in [0.25, 0.3) is 0 Å². The van der Waals surface area contributed by atoms with Crippen LogP contribution in [0.5, 0.6) is 11.5 Å². The molecule has 0 fully saturated rings. The summed E-state index contributed by atoms with van der Waals surface area (Å²) in [6.07, 6.45) is -0.996. The number of benzene rings is 2. The minimum Gasteiger partial charge on any atom is -0.507 e. The van der Waals surface area contributed by atoms with Crippen molar-refractivity contribution in [3.05, 3.63) is 54.1 Å². The number of methoxy groups -OCH3 is 1. The SMILES string of the molecule is COc1ccc(C(=O)O[C@H](C)C(=O)N(C)c2ccccc2)c(O)c1. The number of ether oxygens (including phenoxy) is 2. The Morgan fingerprint density at radius 1 is 1.12 bits per heavy atom. The van der Waals surface area contributed by atoms with Crippen molar-refractivity contribution < 1.29 is 24.2 Å². The van der Waals surface area contributed by atoms with Gasteiger partial charge in [0.25, 0.3) is 5.91 Å². The number of para-hydroxylation sites is 1. The minimum atomic E-state index is -0.996. The number of anilines is 1. The molecule has 1 amide bonds. The molecule has 6 heteroatoms. The number of hydrogen-bond donors (Lipinski definition) is 1. The molecule has 1 atom stereocenters. The summed E-state index contributed by atoms with van der Waals surface area (Å²) in [5.41, 5.74) is 0.663. The van der Waals surface area contributed by atoms with Crippen LogP contribution in [0.15, 0.2) is 48.5 Å². The highest BCUT2D eigenvalue weighted by molar-refractivity contribution is 5.99. The van der Waals surface area contributed by atoms with E-state index in [1.54, 1.807) is 19.2 Å². The fraction of sp³-hybridized carbons (Fsp3) is 0.222. The summed E-state index contributed by atoms with van der Waals surface area (Å²) in [6, 6.07) is 13.2. The summed E-state index contributed by atoms with van der Waals surface area (Å²) in [5.74, 6) is -1.01. The van der Waals surface area contributed by atoms with Crippen molar-refractivity contribution in [2.24, 2.45) is 0 Å². The van der Waals surface area contributed by atoms with Crippen LogP contribution in [-0.2, 0) is 9.53 Å². The maximum Gasteiger partial charge on any atom is 0.342 e. The molecule has 24 heavy (non-hydrogen) atoms. The first-order chi connectivity index (χ1) is 11.4. The van der Waals surface area contributed by atoms with Crippen LogP contribution in [0.1, 0.15) is 17.3 Å². The van der Waals surface area contributed by atoms with Gasteiger partial charge in [0.2, 0.25) is 0 Å². The largest absolute Gasteiger partial charge is 0.507 e. The highest BCUT2D eigenvalue weighted by Gasteiger charge is 2.24. The van der Waals surface area contributed by atoms with E-state index < -0.39 is 12.1 Å². The molecule has 2 rings (SSSR count). The van der Waals surface area contributed by atoms with Gasteiger partial charge in [-0.3, -0.25) is 4.79 Å². The van der Waals surface area contributed by atoms with E-state index in [2.05, 4.69) is 0 Å². The number of phenolic OH excluding ortho intramolecular Hbond substituents is 1. The summed E-state index contributed by atoms with van der Waals surface area (Å²) < 4.78 is 10.1. The van der Waals surface area contributed by atoms with Crippen LogP contribution in [0.4, 0.5) is 5.69 Å². The molecule has 0 aliphatic rings. The van der Waals surface area contributed by atoms with E-state index in [4.69, 9.17) is 9.47 Å². The maximum atomic E-state index is 12.4. The first kappa shape index (κ1) is 17.3. The zero-order valence-corrected chi connectivity index (χ0v) is 13.7. The van der Waals surface area contributed by atoms with Gasteiger partial charge < -0.3 is 19.5 Å². The van der Waals surface area contributed by atoms with Gasteiger partial charge in [-0.2, -0.15) is 0 Å². The third kappa shape index (κ3) is 3.84. The van der Waals surface area contributed by atoms with Gasteiger partial charge in [-0.25, -0.2) is 4.79 Å². The molecule has 1 N–H and O–H groups in total. The van der Waals surface area contributed by atoms with Gasteiger partial charge in [0.15, 0.2) is 6.10 Å². The lowest BCUT2D eigenvalue weighted by atomic mass is 10.2. The van der Waals surface area contributed by atoms with Gasteiger partial charge in [-0.1, -0.05) is 18.2 Å². The highest BCUT2D eigenvalue weighted by Crippen LogP contribution is 2.24. The number of esters is 1. The number of carbonyl (C=O) groups is 2. The van der Waals surface area contributed by atoms with E-state index in [0.29, 0.717) is 11.4 Å². The van der Waals surface area contributed by atoms with Crippen LogP contribution in [0, 0.1) is 0 Å². The Bertz CT molecular complexity index is 729. The topological polar surface area (TPSA) is 76.1 Å². The fourth-order valence-electron chi connectivity index (χ4n) is 2.14. The molecule has 0 spiro atoms. The Labute approximate surface area is 140 Å². The van der Waals surface area contributed by atoms with Gasteiger partial charge in [0, 0.05) is 18.8 Å². The Balaban J connectivity index is 2.07. The molecule has 0 radical (unpaired) electrons. The third-order valence-corrected chi connectivity index (χ3v) is 3.53. The molecule has 0 saturated heterocycles. The summed E-state index contributed by atoms with van der Waals surface area (Å²) in [6.45, 7) is 1.49. The average Bonchev–Trinajstić information content (AvgIpc) is 2.60. The zero-order valence-electron chi connectivity index (χ0n) is 13.7. The predicted molar refractivity (Wildman–Crippen MR) is 89.4 cm³/mol. The molecular weight excluding hydrogens is 310 g/mol. The maximum absolute atomic E-state index is 12.4. The standard InChI is InChI=1S/C18H19NO5/c1-12(17(21)19(2)13-7-5-4-6-8-13)24-18(22)15-10-9-14(23-3)11-16(15)20/h4-12,20H,1-3H3/t12-/m1/s1. The van der Waals surface area contributed by atoms with E-state index in [9.17, 15) is 14.7 Å². The van der Waals surface area contributed by atoms with Crippen LogP contribution >= 0.6 is 0 Å². The van der Waals surface area contributed by atoms with Gasteiger partial charge in [0.1, 0.15) is 17.1 Å². The molecule has 0 aromatic heterocycles. The predicted octanol–water partition coefficient (Wildman–Crippen LogP) is 2.61. The Hall–Kier alpha value is -3.02. The molecule has 0 aliphatic carbocycles. The first-order valence-electron chi connectivity index (χ1n) is 7.34. The summed E-state index contributed by atoms with van der Waals surface area (Å²) in [7, 11) is 3.06. The normalized spacial score (nSPS) is 11.5. The molecule has 2 aromatic carbocycles. The van der Waals surface area contributed by atoms with E-state index in [0.717, 1.165) is 0 Å². The Kier molecular flexibility index (Phi) is 5.42. The van der Waals surface area contributed by atoms with Gasteiger partial charge in [0.05, 0.1) is 7.11 Å². The van der Waals surface area contributed by atoms with Crippen LogP contribution in [-0.4, -0.2) is 37.2 Å². The molecule has 2 aromatic rings. The molecule has 0 saturated carbocycles. The monoisotopic (exact) mass is 329 g/mol. The van der Waals surface area contributed by atoms with Crippen molar-refractivity contribution in [2.75, 3.05) is 19.1 Å². The number of amides is 1. The lowest BCUT2D eigenvalue weighted by Crippen LogP contribution is -2.37. The van der Waals surface area contributed by atoms with Crippen molar-refractivity contribution in [3.8, 4) is 11.5 Å². The van der Waals surface area contributed by atoms with Gasteiger partial charge in [-0.05, 0) is 31.2 Å². The van der Waals surface area contributed by atoms with E-state index in [1.165, 1.54) is 37.1 Å². The van der Waals surface area contributed by atoms with Crippen molar-refractivity contribution in [2.45, 2.75) is 13.0 Å². The van der Waals surface area contributed by atoms with Gasteiger partial charge in [-0.15, -0.1) is 0 Å². The van der Waals surface area contributed by atoms with E-state index in [1.807, 2.05) is 18.2 Å². The first-order valence-corrected chi connectivity index (χ1v) is 7.34. The number of aromatic hydroxyl groups is 1. The van der Waals surface area contributed by atoms with Crippen molar-refractivity contribution in [3.63, 3.8) is 0 Å². The summed E-state index contributed by atoms with van der Waals surface area (Å²) >= 11 is 0. The molecule has 0 unspecified atom stereocenters. The summed E-state index contributed by atoms with van der Waals surface area (Å²) in [5, 5.41) is 9.86. The Morgan fingerprint density at radius 2 is 1.79 bits per heavy atom. The quantitative estimate of drug-likeness (QED) is 0.853. The van der Waals surface area contributed by atoms with E-state index >= 15 is 0 Å². The molecule has 0 aliphatic heterocycles. The molecule has 6 nitrogen and oxygen atoms in total. The average molecular weight is 329 g/mol. The molecule has 126 valence electrons. The van der Waals surface area contributed by atoms with Crippen molar-refractivity contribution in [1.29, 1.82) is 0 Å². The van der Waals surface area contributed by atoms with Crippen LogP contribution < -0.4 is 9.64 Å². The smallest absolute Gasteiger partial charge is 0.342 e. The number of likely N-dealkylation sites (N-methyl/N-ethyl adjacent to an activating group) is 1. The lowest BCUT2D eigenvalue weighted by molar-refractivity contribution is -0.126. The van der Waals surface area contributed by atoms with Crippen molar-refractivity contribution in [1.82, 2.24) is 0 Å². The second-order valence-corrected chi connectivity index (χ2v) is 5.16. The zero-order chi connectivity index (χ0) is 17.7. The van der Waals surface area contributed by atoms with Gasteiger partial charge >= 0.3 is 5.97 Å². The minimum absolute atomic E-state index is 0.0298. The van der Waals surface area contributed by atoms with E-state index in [-0.39, 0.29) is 17.2 Å². The highest BCUT2D eigenvalue weighted by atomic mass is 16.5. The number of carbonyl (C=O) groups excluding carboxylic acids is 2. The van der Waals surface area contributed by atoms with Crippen molar-refractivity contribution >= 4 is 17.6 Å². The molecule has 0 bridgehead atoms. The molecular formula is C18H19NO5. The van der Waals surface area contributed by atoms with Crippen LogP contribution in [0.2, 0.25) is 0 Å². The Morgan fingerprint density at radius 3 is 2.38 bits per heavy atom. The molecule has 0 heterocycles. The second kappa shape index (κ2) is 7.50. The third-order valence-electron chi connectivity index (χ3n) is 3.53. The fourth-order valence-corrected chi connectivity index (χ4v) is 2.14. The second-order valence-electron chi connectivity index (χ2n) is 5.16. The summed E-state index contributed by atoms with van der Waals surface area (Å²) in [4.78, 5) is 25.9. The van der Waals surface area contributed by atoms with Crippen LogP contribution in [0.3, 0.4) is 0 Å². The lowest BCUT2D eigenvalue weighted by Gasteiger charge is -2.21. The number of hydrogen-bond acceptors (Lipinski definition) is 5. The number of phenols is 1. The number of nitrogens with zero attached hydrogens (tertiary/aromatic N) is 1. The number of rotatable bonds is 5.